The van der Waals surface area contributed by atoms with Gasteiger partial charge in [0, 0.05) is 7.11 Å². The average molecular weight is 269 g/mol. The summed E-state index contributed by atoms with van der Waals surface area (Å²) in [5, 5.41) is 7.87. The van der Waals surface area contributed by atoms with Crippen LogP contribution in [0.3, 0.4) is 0 Å². The van der Waals surface area contributed by atoms with Gasteiger partial charge in [-0.1, -0.05) is 5.21 Å². The minimum atomic E-state index is -0.501. The molecule has 0 aliphatic carbocycles. The Labute approximate surface area is 111 Å². The summed E-state index contributed by atoms with van der Waals surface area (Å²) in [6.45, 7) is 2.89. The maximum Gasteiger partial charge on any atom is 0.360 e. The standard InChI is InChI=1S/C12H19N3O4/c1-8-4-5-9(19-8)6-15-10(7-17-2)11(13-14-15)12(16)18-3/h8-9H,4-7H2,1-3H3. The first-order valence-electron chi connectivity index (χ1n) is 6.30. The van der Waals surface area contributed by atoms with E-state index in [4.69, 9.17) is 9.47 Å². The van der Waals surface area contributed by atoms with Gasteiger partial charge in [-0.2, -0.15) is 0 Å². The Morgan fingerprint density at radius 1 is 1.47 bits per heavy atom. The lowest BCUT2D eigenvalue weighted by atomic mass is 10.2. The second-order valence-electron chi connectivity index (χ2n) is 4.64. The van der Waals surface area contributed by atoms with Crippen LogP contribution in [0.5, 0.6) is 0 Å². The highest BCUT2D eigenvalue weighted by atomic mass is 16.5. The molecule has 0 aromatic carbocycles. The smallest absolute Gasteiger partial charge is 0.360 e. The molecule has 7 nitrogen and oxygen atoms in total. The second-order valence-corrected chi connectivity index (χ2v) is 4.64. The normalized spacial score (nSPS) is 22.7. The van der Waals surface area contributed by atoms with Gasteiger partial charge in [0.1, 0.15) is 0 Å². The fourth-order valence-corrected chi connectivity index (χ4v) is 2.23. The first-order chi connectivity index (χ1) is 9.15. The summed E-state index contributed by atoms with van der Waals surface area (Å²) >= 11 is 0. The number of nitrogens with zero attached hydrogens (tertiary/aromatic N) is 3. The molecule has 1 aromatic heterocycles. The van der Waals surface area contributed by atoms with E-state index in [0.29, 0.717) is 12.2 Å². The first kappa shape index (κ1) is 14.0. The highest BCUT2D eigenvalue weighted by Crippen LogP contribution is 2.21. The van der Waals surface area contributed by atoms with Gasteiger partial charge in [0.05, 0.1) is 38.2 Å². The Morgan fingerprint density at radius 2 is 2.26 bits per heavy atom. The molecular formula is C12H19N3O4. The van der Waals surface area contributed by atoms with E-state index in [1.807, 2.05) is 0 Å². The molecule has 1 fully saturated rings. The Balaban J connectivity index is 2.15. The van der Waals surface area contributed by atoms with Crippen molar-refractivity contribution in [2.24, 2.45) is 0 Å². The number of rotatable bonds is 5. The lowest BCUT2D eigenvalue weighted by Gasteiger charge is -2.12. The van der Waals surface area contributed by atoms with Crippen molar-refractivity contribution in [3.8, 4) is 0 Å². The highest BCUT2D eigenvalue weighted by Gasteiger charge is 2.26. The van der Waals surface area contributed by atoms with E-state index in [1.165, 1.54) is 7.11 Å². The van der Waals surface area contributed by atoms with Gasteiger partial charge in [0.15, 0.2) is 5.69 Å². The topological polar surface area (TPSA) is 75.5 Å². The van der Waals surface area contributed by atoms with Crippen LogP contribution in [-0.4, -0.2) is 47.4 Å². The van der Waals surface area contributed by atoms with Crippen LogP contribution in [0.15, 0.2) is 0 Å². The van der Waals surface area contributed by atoms with Gasteiger partial charge in [-0.05, 0) is 19.8 Å². The van der Waals surface area contributed by atoms with Crippen molar-refractivity contribution in [1.82, 2.24) is 15.0 Å². The van der Waals surface area contributed by atoms with Crippen molar-refractivity contribution in [2.45, 2.75) is 45.1 Å². The maximum atomic E-state index is 11.6. The molecule has 19 heavy (non-hydrogen) atoms. The van der Waals surface area contributed by atoms with Crippen molar-refractivity contribution in [3.05, 3.63) is 11.4 Å². The molecule has 0 N–H and O–H groups in total. The first-order valence-corrected chi connectivity index (χ1v) is 6.30. The lowest BCUT2D eigenvalue weighted by molar-refractivity contribution is 0.0415. The van der Waals surface area contributed by atoms with E-state index in [2.05, 4.69) is 22.0 Å². The van der Waals surface area contributed by atoms with Gasteiger partial charge in [0.25, 0.3) is 0 Å². The minimum absolute atomic E-state index is 0.109. The Bertz CT molecular complexity index is 446. The molecule has 2 rings (SSSR count). The van der Waals surface area contributed by atoms with Gasteiger partial charge in [-0.25, -0.2) is 9.48 Å². The maximum absolute atomic E-state index is 11.6. The van der Waals surface area contributed by atoms with Crippen LogP contribution < -0.4 is 0 Å². The van der Waals surface area contributed by atoms with E-state index in [9.17, 15) is 4.79 Å². The third-order valence-electron chi connectivity index (χ3n) is 3.19. The molecule has 1 saturated heterocycles. The molecule has 2 atom stereocenters. The predicted octanol–water partition coefficient (Wildman–Crippen LogP) is 0.779. The van der Waals surface area contributed by atoms with Gasteiger partial charge in [-0.3, -0.25) is 0 Å². The number of carbonyl (C=O) groups is 1. The van der Waals surface area contributed by atoms with Crippen molar-refractivity contribution in [1.29, 1.82) is 0 Å². The van der Waals surface area contributed by atoms with E-state index in [-0.39, 0.29) is 24.5 Å². The molecule has 2 unspecified atom stereocenters. The third-order valence-corrected chi connectivity index (χ3v) is 3.19. The molecule has 0 saturated carbocycles. The van der Waals surface area contributed by atoms with Crippen LogP contribution in [0.1, 0.15) is 35.9 Å². The summed E-state index contributed by atoms with van der Waals surface area (Å²) in [6.07, 6.45) is 2.42. The van der Waals surface area contributed by atoms with Gasteiger partial charge in [0.2, 0.25) is 0 Å². The van der Waals surface area contributed by atoms with Crippen molar-refractivity contribution in [2.75, 3.05) is 14.2 Å². The van der Waals surface area contributed by atoms with Crippen LogP contribution in [0.25, 0.3) is 0 Å². The van der Waals surface area contributed by atoms with E-state index >= 15 is 0 Å². The molecule has 2 heterocycles. The zero-order valence-corrected chi connectivity index (χ0v) is 11.5. The number of hydrogen-bond acceptors (Lipinski definition) is 6. The molecule has 0 amide bonds. The Morgan fingerprint density at radius 3 is 2.84 bits per heavy atom. The summed E-state index contributed by atoms with van der Waals surface area (Å²) in [7, 11) is 2.88. The van der Waals surface area contributed by atoms with Crippen molar-refractivity contribution in [3.63, 3.8) is 0 Å². The summed E-state index contributed by atoms with van der Waals surface area (Å²) in [5.74, 6) is -0.501. The minimum Gasteiger partial charge on any atom is -0.464 e. The van der Waals surface area contributed by atoms with E-state index < -0.39 is 5.97 Å². The summed E-state index contributed by atoms with van der Waals surface area (Å²) in [6, 6.07) is 0. The van der Waals surface area contributed by atoms with Crippen LogP contribution in [0.4, 0.5) is 0 Å². The SMILES string of the molecule is COCc1c(C(=O)OC)nnn1CC1CCC(C)O1. The predicted molar refractivity (Wildman–Crippen MR) is 65.6 cm³/mol. The van der Waals surface area contributed by atoms with Crippen LogP contribution in [0, 0.1) is 0 Å². The largest absolute Gasteiger partial charge is 0.464 e. The average Bonchev–Trinajstić information content (AvgIpc) is 2.97. The fourth-order valence-electron chi connectivity index (χ4n) is 2.23. The molecule has 1 aliphatic rings. The van der Waals surface area contributed by atoms with Crippen LogP contribution in [0.2, 0.25) is 0 Å². The number of hydrogen-bond donors (Lipinski definition) is 0. The van der Waals surface area contributed by atoms with Gasteiger partial charge >= 0.3 is 5.97 Å². The number of carbonyl (C=O) groups excluding carboxylic acids is 1. The highest BCUT2D eigenvalue weighted by molar-refractivity contribution is 5.88. The molecule has 0 radical (unpaired) electrons. The molecule has 106 valence electrons. The summed E-state index contributed by atoms with van der Waals surface area (Å²) < 4.78 is 17.2. The Kier molecular flexibility index (Phi) is 4.49. The molecular weight excluding hydrogens is 250 g/mol. The third kappa shape index (κ3) is 3.10. The quantitative estimate of drug-likeness (QED) is 0.735. The van der Waals surface area contributed by atoms with Crippen LogP contribution in [-0.2, 0) is 27.4 Å². The molecule has 0 spiro atoms. The van der Waals surface area contributed by atoms with E-state index in [0.717, 1.165) is 12.8 Å². The van der Waals surface area contributed by atoms with Crippen LogP contribution >= 0.6 is 0 Å². The molecule has 1 aliphatic heterocycles. The summed E-state index contributed by atoms with van der Waals surface area (Å²) in [4.78, 5) is 11.6. The lowest BCUT2D eigenvalue weighted by Crippen LogP contribution is -2.20. The second kappa shape index (κ2) is 6.12. The molecule has 7 heteroatoms. The zero-order chi connectivity index (χ0) is 13.8. The van der Waals surface area contributed by atoms with Gasteiger partial charge < -0.3 is 14.2 Å². The number of aromatic nitrogens is 3. The zero-order valence-electron chi connectivity index (χ0n) is 11.5. The molecule has 0 bridgehead atoms. The number of methoxy groups -OCH3 is 2. The number of esters is 1. The Hall–Kier alpha value is -1.47. The van der Waals surface area contributed by atoms with Crippen molar-refractivity contribution < 1.29 is 19.0 Å². The van der Waals surface area contributed by atoms with Gasteiger partial charge in [-0.15, -0.1) is 5.10 Å². The number of ether oxygens (including phenoxy) is 3. The fraction of sp³-hybridized carbons (Fsp3) is 0.750. The van der Waals surface area contributed by atoms with Crippen molar-refractivity contribution >= 4 is 5.97 Å². The molecule has 1 aromatic rings. The summed E-state index contributed by atoms with van der Waals surface area (Å²) in [5.41, 5.74) is 0.827. The monoisotopic (exact) mass is 269 g/mol. The van der Waals surface area contributed by atoms with E-state index in [1.54, 1.807) is 11.8 Å².